The van der Waals surface area contributed by atoms with Gasteiger partial charge in [-0.25, -0.2) is 0 Å². The minimum absolute atomic E-state index is 0.0141. The van der Waals surface area contributed by atoms with Gasteiger partial charge in [-0.1, -0.05) is 36.4 Å². The molecule has 0 amide bonds. The average molecular weight is 276 g/mol. The molecule has 0 N–H and O–H groups in total. The molecule has 0 radical (unpaired) electrons. The predicted octanol–water partition coefficient (Wildman–Crippen LogP) is 3.98. The van der Waals surface area contributed by atoms with Crippen LogP contribution in [-0.4, -0.2) is 12.9 Å². The number of ketones is 1. The van der Waals surface area contributed by atoms with Crippen LogP contribution in [0.25, 0.3) is 0 Å². The molecule has 0 atom stereocenters. The molecule has 0 saturated heterocycles. The van der Waals surface area contributed by atoms with Crippen molar-refractivity contribution < 1.29 is 18.3 Å². The Morgan fingerprint density at radius 1 is 1.10 bits per heavy atom. The number of aryl methyl sites for hydroxylation is 1. The fraction of sp³-hybridized carbons (Fsp3) is 0.188. The molecule has 2 nitrogen and oxygen atoms in total. The zero-order chi connectivity index (χ0) is 14.8. The molecule has 0 spiro atoms. The van der Waals surface area contributed by atoms with Crippen molar-refractivity contribution in [1.82, 2.24) is 0 Å². The molecular formula is C16H14F2O2. The highest BCUT2D eigenvalue weighted by Gasteiger charge is 2.42. The smallest absolute Gasteiger partial charge is 0.335 e. The number of hydrogen-bond donors (Lipinski definition) is 0. The standard InChI is InChI=1S/C16H14F2O2/c1-11-8-9-13(20-2)10-14(11)16(17,18)15(19)12-6-4-3-5-7-12/h3-10H,1-2H3. The van der Waals surface area contributed by atoms with E-state index < -0.39 is 11.7 Å². The van der Waals surface area contributed by atoms with Gasteiger partial charge in [0, 0.05) is 11.1 Å². The Bertz CT molecular complexity index is 622. The van der Waals surface area contributed by atoms with Crippen molar-refractivity contribution in [3.63, 3.8) is 0 Å². The van der Waals surface area contributed by atoms with Crippen LogP contribution in [-0.2, 0) is 5.92 Å². The van der Waals surface area contributed by atoms with Crippen LogP contribution in [0.1, 0.15) is 21.5 Å². The third kappa shape index (κ3) is 2.54. The third-order valence-corrected chi connectivity index (χ3v) is 3.10. The number of carbonyl (C=O) groups excluding carboxylic acids is 1. The van der Waals surface area contributed by atoms with Crippen LogP contribution in [0.3, 0.4) is 0 Å². The van der Waals surface area contributed by atoms with Crippen molar-refractivity contribution in [3.8, 4) is 5.75 Å². The lowest BCUT2D eigenvalue weighted by Crippen LogP contribution is -2.27. The monoisotopic (exact) mass is 276 g/mol. The first kappa shape index (κ1) is 14.2. The van der Waals surface area contributed by atoms with Gasteiger partial charge in [-0.2, -0.15) is 8.78 Å². The molecule has 0 heterocycles. The molecular weight excluding hydrogens is 262 g/mol. The molecule has 0 aliphatic heterocycles. The van der Waals surface area contributed by atoms with Gasteiger partial charge in [-0.3, -0.25) is 4.79 Å². The van der Waals surface area contributed by atoms with E-state index in [9.17, 15) is 13.6 Å². The lowest BCUT2D eigenvalue weighted by atomic mass is 9.95. The van der Waals surface area contributed by atoms with Gasteiger partial charge in [0.15, 0.2) is 0 Å². The van der Waals surface area contributed by atoms with Gasteiger partial charge in [0.25, 0.3) is 0 Å². The second kappa shape index (κ2) is 5.41. The summed E-state index contributed by atoms with van der Waals surface area (Å²) in [4.78, 5) is 12.0. The van der Waals surface area contributed by atoms with Gasteiger partial charge >= 0.3 is 5.92 Å². The summed E-state index contributed by atoms with van der Waals surface area (Å²) in [7, 11) is 1.39. The maximum atomic E-state index is 14.4. The Balaban J connectivity index is 2.47. The van der Waals surface area contributed by atoms with Crippen molar-refractivity contribution >= 4 is 5.78 Å². The van der Waals surface area contributed by atoms with Gasteiger partial charge in [0.1, 0.15) is 5.75 Å². The Hall–Kier alpha value is -2.23. The Morgan fingerprint density at radius 2 is 1.75 bits per heavy atom. The van der Waals surface area contributed by atoms with E-state index in [-0.39, 0.29) is 11.1 Å². The molecule has 0 aliphatic rings. The van der Waals surface area contributed by atoms with Crippen LogP contribution in [0.2, 0.25) is 0 Å². The molecule has 2 aromatic carbocycles. The Morgan fingerprint density at radius 3 is 2.35 bits per heavy atom. The SMILES string of the molecule is COc1ccc(C)c(C(F)(F)C(=O)c2ccccc2)c1. The van der Waals surface area contributed by atoms with Crippen LogP contribution < -0.4 is 4.74 Å². The lowest BCUT2D eigenvalue weighted by molar-refractivity contribution is 0.00693. The number of Topliss-reactive ketones (excluding diaryl/α,β-unsaturated/α-hetero) is 1. The first-order valence-electron chi connectivity index (χ1n) is 6.09. The largest absolute Gasteiger partial charge is 0.497 e. The number of methoxy groups -OCH3 is 1. The van der Waals surface area contributed by atoms with Gasteiger partial charge in [-0.05, 0) is 24.6 Å². The van der Waals surface area contributed by atoms with E-state index in [1.165, 1.54) is 31.4 Å². The first-order valence-corrected chi connectivity index (χ1v) is 6.09. The maximum Gasteiger partial charge on any atom is 0.335 e. The van der Waals surface area contributed by atoms with Crippen molar-refractivity contribution in [2.45, 2.75) is 12.8 Å². The maximum absolute atomic E-state index is 14.4. The van der Waals surface area contributed by atoms with Crippen molar-refractivity contribution in [1.29, 1.82) is 0 Å². The molecule has 0 aromatic heterocycles. The van der Waals surface area contributed by atoms with E-state index in [2.05, 4.69) is 0 Å². The summed E-state index contributed by atoms with van der Waals surface area (Å²) in [6, 6.07) is 11.9. The quantitative estimate of drug-likeness (QED) is 0.790. The number of benzene rings is 2. The highest BCUT2D eigenvalue weighted by atomic mass is 19.3. The second-order valence-corrected chi connectivity index (χ2v) is 4.45. The van der Waals surface area contributed by atoms with Crippen molar-refractivity contribution in [2.75, 3.05) is 7.11 Å². The topological polar surface area (TPSA) is 26.3 Å². The Labute approximate surface area is 116 Å². The van der Waals surface area contributed by atoms with E-state index in [4.69, 9.17) is 4.74 Å². The van der Waals surface area contributed by atoms with Crippen molar-refractivity contribution in [2.24, 2.45) is 0 Å². The van der Waals surface area contributed by atoms with E-state index in [0.29, 0.717) is 11.3 Å². The molecule has 2 aromatic rings. The van der Waals surface area contributed by atoms with Crippen LogP contribution >= 0.6 is 0 Å². The summed E-state index contributed by atoms with van der Waals surface area (Å²) < 4.78 is 33.8. The summed E-state index contributed by atoms with van der Waals surface area (Å²) in [5, 5.41) is 0. The average Bonchev–Trinajstić information content (AvgIpc) is 2.47. The highest BCUT2D eigenvalue weighted by molar-refractivity contribution is 6.02. The van der Waals surface area contributed by atoms with Crippen LogP contribution in [0.4, 0.5) is 8.78 Å². The minimum atomic E-state index is -3.58. The van der Waals surface area contributed by atoms with Gasteiger partial charge in [0.2, 0.25) is 5.78 Å². The Kier molecular flexibility index (Phi) is 3.84. The molecule has 0 bridgehead atoms. The zero-order valence-corrected chi connectivity index (χ0v) is 11.2. The first-order chi connectivity index (χ1) is 9.46. The summed E-state index contributed by atoms with van der Waals surface area (Å²) in [6.45, 7) is 1.54. The number of carbonyl (C=O) groups is 1. The fourth-order valence-electron chi connectivity index (χ4n) is 1.96. The number of rotatable bonds is 4. The summed E-state index contributed by atoms with van der Waals surface area (Å²) in [5.74, 6) is -4.50. The fourth-order valence-corrected chi connectivity index (χ4v) is 1.96. The van der Waals surface area contributed by atoms with Gasteiger partial charge in [-0.15, -0.1) is 0 Å². The minimum Gasteiger partial charge on any atom is -0.497 e. The highest BCUT2D eigenvalue weighted by Crippen LogP contribution is 2.35. The van der Waals surface area contributed by atoms with Crippen LogP contribution in [0, 0.1) is 6.92 Å². The van der Waals surface area contributed by atoms with E-state index in [1.807, 2.05) is 0 Å². The predicted molar refractivity (Wildman–Crippen MR) is 72.4 cm³/mol. The summed E-state index contributed by atoms with van der Waals surface area (Å²) >= 11 is 0. The van der Waals surface area contributed by atoms with E-state index in [0.717, 1.165) is 0 Å². The van der Waals surface area contributed by atoms with Gasteiger partial charge in [0.05, 0.1) is 7.11 Å². The molecule has 4 heteroatoms. The molecule has 0 aliphatic carbocycles. The summed E-state index contributed by atoms with van der Waals surface area (Å²) in [6.07, 6.45) is 0. The second-order valence-electron chi connectivity index (χ2n) is 4.45. The normalized spacial score (nSPS) is 11.2. The molecule has 0 saturated carbocycles. The number of halogens is 2. The molecule has 0 fully saturated rings. The third-order valence-electron chi connectivity index (χ3n) is 3.10. The lowest BCUT2D eigenvalue weighted by Gasteiger charge is -2.18. The molecule has 0 unspecified atom stereocenters. The molecule has 2 rings (SSSR count). The van der Waals surface area contributed by atoms with E-state index in [1.54, 1.807) is 31.2 Å². The number of hydrogen-bond acceptors (Lipinski definition) is 2. The van der Waals surface area contributed by atoms with Crippen LogP contribution in [0.15, 0.2) is 48.5 Å². The summed E-state index contributed by atoms with van der Waals surface area (Å²) in [5.41, 5.74) is 0.00510. The molecule has 104 valence electrons. The number of alkyl halides is 2. The zero-order valence-electron chi connectivity index (χ0n) is 11.2. The molecule has 20 heavy (non-hydrogen) atoms. The van der Waals surface area contributed by atoms with Gasteiger partial charge < -0.3 is 4.74 Å². The van der Waals surface area contributed by atoms with Crippen LogP contribution in [0.5, 0.6) is 5.75 Å². The van der Waals surface area contributed by atoms with Crippen molar-refractivity contribution in [3.05, 3.63) is 65.2 Å². The van der Waals surface area contributed by atoms with E-state index >= 15 is 0 Å². The number of ether oxygens (including phenoxy) is 1.